The summed E-state index contributed by atoms with van der Waals surface area (Å²) in [5.41, 5.74) is 6.11. The Morgan fingerprint density at radius 3 is 1.36 bits per heavy atom. The molecule has 2 heterocycles. The zero-order chi connectivity index (χ0) is 16.4. The van der Waals surface area contributed by atoms with E-state index in [1.165, 1.54) is 5.57 Å². The zero-order valence-electron chi connectivity index (χ0n) is 15.0. The number of hydrogen-bond donors (Lipinski definition) is 0. The number of hydrogen-bond acceptors (Lipinski definition) is 2. The third-order valence-electron chi connectivity index (χ3n) is 4.19. The molecule has 0 atom stereocenters. The van der Waals surface area contributed by atoms with Gasteiger partial charge in [-0.05, 0) is 0 Å². The van der Waals surface area contributed by atoms with E-state index in [2.05, 4.69) is 78.3 Å². The van der Waals surface area contributed by atoms with Gasteiger partial charge in [-0.15, -0.1) is 0 Å². The summed E-state index contributed by atoms with van der Waals surface area (Å²) in [5, 5.41) is 0. The Kier molecular flexibility index (Phi) is 4.50. The average Bonchev–Trinajstić information content (AvgIpc) is 2.92. The number of thiophene rings is 2. The summed E-state index contributed by atoms with van der Waals surface area (Å²) in [7, 11) is 0. The van der Waals surface area contributed by atoms with Gasteiger partial charge in [-0.25, -0.2) is 0 Å². The van der Waals surface area contributed by atoms with E-state index in [0.717, 1.165) is 0 Å². The third kappa shape index (κ3) is 2.90. The van der Waals surface area contributed by atoms with Gasteiger partial charge in [0, 0.05) is 0 Å². The van der Waals surface area contributed by atoms with Crippen molar-refractivity contribution < 1.29 is 0 Å². The molecule has 22 heavy (non-hydrogen) atoms. The molecule has 4 heteroatoms. The molecule has 2 aromatic heterocycles. The van der Waals surface area contributed by atoms with Gasteiger partial charge in [-0.3, -0.25) is 0 Å². The topological polar surface area (TPSA) is 0 Å². The van der Waals surface area contributed by atoms with E-state index in [1.54, 1.807) is 32.2 Å². The van der Waals surface area contributed by atoms with Crippen molar-refractivity contribution in [1.29, 1.82) is 0 Å². The first-order valence-corrected chi connectivity index (χ1v) is 29.6. The second-order valence-electron chi connectivity index (χ2n) is 8.58. The second-order valence-corrected chi connectivity index (χ2v) is 41.5. The maximum absolute atomic E-state index is 2.55. The van der Waals surface area contributed by atoms with Crippen LogP contribution in [0.15, 0.2) is 17.7 Å². The molecule has 0 amide bonds. The van der Waals surface area contributed by atoms with E-state index in [4.69, 9.17) is 0 Å². The van der Waals surface area contributed by atoms with Crippen LogP contribution in [0.4, 0.5) is 0 Å². The number of rotatable bonds is 2. The molecule has 0 saturated carbocycles. The van der Waals surface area contributed by atoms with E-state index >= 15 is 0 Å². The predicted octanol–water partition coefficient (Wildman–Crippen LogP) is 5.72. The van der Waals surface area contributed by atoms with Crippen molar-refractivity contribution in [2.24, 2.45) is 0 Å². The van der Waals surface area contributed by atoms with Crippen molar-refractivity contribution in [3.05, 3.63) is 28.8 Å². The molecule has 0 aliphatic heterocycles. The standard InChI is InChI=1S/C12H8S2.6CH3.2Sn/c1-7(2)10-8-3-5-13-11(8)12-9(10)4-6-14-12;;;;;;;;/h3-4H,1-2H3;6*1H3;;. The van der Waals surface area contributed by atoms with Crippen LogP contribution in [-0.4, -0.2) is 36.8 Å². The van der Waals surface area contributed by atoms with Crippen molar-refractivity contribution in [3.63, 3.8) is 0 Å². The first kappa shape index (κ1) is 17.6. The van der Waals surface area contributed by atoms with Gasteiger partial charge in [-0.1, -0.05) is 0 Å². The molecule has 0 aromatic carbocycles. The third-order valence-corrected chi connectivity index (χ3v) is 25.5. The molecule has 2 aromatic rings. The molecule has 0 saturated heterocycles. The summed E-state index contributed by atoms with van der Waals surface area (Å²) in [6, 6.07) is 5.09. The van der Waals surface area contributed by atoms with Crippen LogP contribution in [0.5, 0.6) is 0 Å². The molecule has 3 rings (SSSR count). The van der Waals surface area contributed by atoms with Gasteiger partial charge in [0.2, 0.25) is 0 Å². The molecule has 0 radical (unpaired) electrons. The Bertz CT molecular complexity index is 713. The normalized spacial score (nSPS) is 14.3. The van der Waals surface area contributed by atoms with Gasteiger partial charge in [0.25, 0.3) is 0 Å². The molecule has 1 aliphatic rings. The number of allylic oxidation sites excluding steroid dienone is 1. The van der Waals surface area contributed by atoms with Crippen LogP contribution in [-0.2, 0) is 0 Å². The summed E-state index contributed by atoms with van der Waals surface area (Å²) >= 11 is 0.259. The Morgan fingerprint density at radius 1 is 0.727 bits per heavy atom. The van der Waals surface area contributed by atoms with Gasteiger partial charge in [0.1, 0.15) is 0 Å². The summed E-state index contributed by atoms with van der Waals surface area (Å²) < 4.78 is 3.44. The molecule has 0 unspecified atom stereocenters. The molecular weight excluding hydrogens is 518 g/mol. The molecule has 0 nitrogen and oxygen atoms in total. The first-order valence-electron chi connectivity index (χ1n) is 7.97. The molecule has 1 aliphatic carbocycles. The van der Waals surface area contributed by atoms with E-state index in [0.29, 0.717) is 0 Å². The van der Waals surface area contributed by atoms with Crippen molar-refractivity contribution in [3.8, 4) is 9.75 Å². The van der Waals surface area contributed by atoms with Crippen LogP contribution in [0.3, 0.4) is 0 Å². The minimum absolute atomic E-state index is 1.47. The van der Waals surface area contributed by atoms with Gasteiger partial charge < -0.3 is 0 Å². The molecular formula is C18H26S2Sn2. The maximum atomic E-state index is 2.55. The van der Waals surface area contributed by atoms with Crippen LogP contribution in [0, 0.1) is 0 Å². The summed E-state index contributed by atoms with van der Waals surface area (Å²) in [6.45, 7) is 4.56. The quantitative estimate of drug-likeness (QED) is 0.363. The van der Waals surface area contributed by atoms with E-state index < -0.39 is 36.8 Å². The van der Waals surface area contributed by atoms with Crippen molar-refractivity contribution in [1.82, 2.24) is 0 Å². The summed E-state index contributed by atoms with van der Waals surface area (Å²) in [4.78, 5) is 18.4. The summed E-state index contributed by atoms with van der Waals surface area (Å²) in [6.07, 6.45) is 0. The van der Waals surface area contributed by atoms with E-state index in [1.807, 2.05) is 0 Å². The van der Waals surface area contributed by atoms with Crippen molar-refractivity contribution >= 4 is 70.8 Å². The molecule has 0 fully saturated rings. The van der Waals surface area contributed by atoms with Gasteiger partial charge in [-0.2, -0.15) is 0 Å². The summed E-state index contributed by atoms with van der Waals surface area (Å²) in [5.74, 6) is 0. The fraction of sp³-hybridized carbons (Fsp3) is 0.444. The minimum atomic E-state index is -1.98. The van der Waals surface area contributed by atoms with Crippen molar-refractivity contribution in [2.45, 2.75) is 43.5 Å². The SMILES string of the molecule is CC(C)=C1c2c[c]([Sn]([CH3])([CH3])[CH3])sc2-c2s[c]([Sn]([CH3])([CH3])[CH3])cc21. The number of fused-ring (bicyclic) bond motifs is 3. The van der Waals surface area contributed by atoms with Crippen LogP contribution in [0.25, 0.3) is 15.3 Å². The fourth-order valence-corrected chi connectivity index (χ4v) is 15.8. The van der Waals surface area contributed by atoms with Crippen LogP contribution < -0.4 is 5.79 Å². The average molecular weight is 544 g/mol. The monoisotopic (exact) mass is 546 g/mol. The Hall–Kier alpha value is 0.737. The molecule has 0 N–H and O–H groups in total. The van der Waals surface area contributed by atoms with Gasteiger partial charge in [0.05, 0.1) is 0 Å². The van der Waals surface area contributed by atoms with Gasteiger partial charge >= 0.3 is 153 Å². The van der Waals surface area contributed by atoms with E-state index in [-0.39, 0.29) is 0 Å². The van der Waals surface area contributed by atoms with E-state index in [9.17, 15) is 0 Å². The second kappa shape index (κ2) is 5.63. The predicted molar refractivity (Wildman–Crippen MR) is 111 cm³/mol. The molecule has 118 valence electrons. The van der Waals surface area contributed by atoms with Crippen LogP contribution >= 0.6 is 22.7 Å². The van der Waals surface area contributed by atoms with Crippen molar-refractivity contribution in [2.75, 3.05) is 0 Å². The molecule has 0 bridgehead atoms. The Morgan fingerprint density at radius 2 is 1.09 bits per heavy atom. The first-order chi connectivity index (χ1) is 10.00. The van der Waals surface area contributed by atoms with Crippen LogP contribution in [0.2, 0.25) is 29.6 Å². The Labute approximate surface area is 151 Å². The fourth-order valence-electron chi connectivity index (χ4n) is 2.91. The Balaban J connectivity index is 2.26. The zero-order valence-corrected chi connectivity index (χ0v) is 22.3. The van der Waals surface area contributed by atoms with Gasteiger partial charge in [0.15, 0.2) is 0 Å². The van der Waals surface area contributed by atoms with Crippen LogP contribution in [0.1, 0.15) is 25.0 Å². The molecule has 0 spiro atoms.